The first-order valence-corrected chi connectivity index (χ1v) is 14.5. The molecular weight excluding hydrogens is 624 g/mol. The maximum Gasteiger partial charge on any atom is 0.364 e. The predicted molar refractivity (Wildman–Crippen MR) is 166 cm³/mol. The molecule has 244 valence electrons. The number of methoxy groups -OCH3 is 1. The Hall–Kier alpha value is -4.56. The van der Waals surface area contributed by atoms with Crippen molar-refractivity contribution in [1.82, 2.24) is 4.98 Å². The number of aliphatic hydroxyl groups excluding tert-OH is 1. The molecule has 4 aromatic rings. The third kappa shape index (κ3) is 6.14. The first-order valence-electron chi connectivity index (χ1n) is 14.1. The maximum absolute atomic E-state index is 13.0. The van der Waals surface area contributed by atoms with Gasteiger partial charge in [0.1, 0.15) is 23.3 Å². The molecule has 0 aliphatic carbocycles. The summed E-state index contributed by atoms with van der Waals surface area (Å²) in [4.78, 5) is 41.5. The van der Waals surface area contributed by atoms with E-state index in [0.717, 1.165) is 5.69 Å². The van der Waals surface area contributed by atoms with Crippen molar-refractivity contribution >= 4 is 40.1 Å². The topological polar surface area (TPSA) is 190 Å². The lowest BCUT2D eigenvalue weighted by atomic mass is 9.89. The number of carbonyl (C=O) groups excluding carboxylic acids is 2. The van der Waals surface area contributed by atoms with Crippen LogP contribution in [0, 0.1) is 20.8 Å². The molecule has 2 aromatic carbocycles. The van der Waals surface area contributed by atoms with Crippen LogP contribution in [-0.4, -0.2) is 69.5 Å². The van der Waals surface area contributed by atoms with Crippen molar-refractivity contribution < 1.29 is 48.3 Å². The molecule has 3 heterocycles. The van der Waals surface area contributed by atoms with E-state index in [2.05, 4.69) is 10.3 Å². The van der Waals surface area contributed by atoms with Gasteiger partial charge in [0, 0.05) is 24.4 Å². The summed E-state index contributed by atoms with van der Waals surface area (Å²) in [6.07, 6.45) is -5.10. The molecule has 1 fully saturated rings. The Balaban J connectivity index is 1.45. The number of fused-ring (bicyclic) bond motifs is 1. The number of nitrogens with one attached hydrogen (secondary N) is 2. The van der Waals surface area contributed by atoms with Crippen molar-refractivity contribution in [3.05, 3.63) is 79.9 Å². The number of halogens is 1. The quantitative estimate of drug-likeness (QED) is 0.139. The van der Waals surface area contributed by atoms with Crippen LogP contribution in [0.3, 0.4) is 0 Å². The number of H-pyrrole nitrogens is 1. The molecule has 4 atom stereocenters. The average molecular weight is 657 g/mol. The van der Waals surface area contributed by atoms with Gasteiger partial charge in [-0.25, -0.2) is 9.59 Å². The number of hydrogen-bond donors (Lipinski definition) is 5. The zero-order valence-corrected chi connectivity index (χ0v) is 26.5. The van der Waals surface area contributed by atoms with E-state index in [4.69, 9.17) is 35.0 Å². The zero-order valence-electron chi connectivity index (χ0n) is 25.8. The Kier molecular flexibility index (Phi) is 8.79. The maximum atomic E-state index is 13.0. The van der Waals surface area contributed by atoms with Gasteiger partial charge in [0.25, 0.3) is 5.91 Å². The lowest BCUT2D eigenvalue weighted by molar-refractivity contribution is -0.305. The minimum absolute atomic E-state index is 0.0236. The van der Waals surface area contributed by atoms with E-state index < -0.39 is 59.1 Å². The number of aliphatic hydroxyl groups is 1. The first-order chi connectivity index (χ1) is 21.6. The van der Waals surface area contributed by atoms with Gasteiger partial charge in [-0.2, -0.15) is 0 Å². The number of aromatic nitrogens is 1. The van der Waals surface area contributed by atoms with Crippen LogP contribution in [0.5, 0.6) is 17.2 Å². The van der Waals surface area contributed by atoms with E-state index in [0.29, 0.717) is 11.1 Å². The fourth-order valence-corrected chi connectivity index (χ4v) is 5.68. The monoisotopic (exact) mass is 656 g/mol. The Bertz CT molecular complexity index is 1870. The van der Waals surface area contributed by atoms with E-state index in [1.54, 1.807) is 46.8 Å². The van der Waals surface area contributed by atoms with Gasteiger partial charge in [-0.15, -0.1) is 0 Å². The van der Waals surface area contributed by atoms with E-state index in [9.17, 15) is 29.7 Å². The average Bonchev–Trinajstić information content (AvgIpc) is 3.43. The predicted octanol–water partition coefficient (Wildman–Crippen LogP) is 4.48. The summed E-state index contributed by atoms with van der Waals surface area (Å²) in [7, 11) is 1.39. The lowest BCUT2D eigenvalue weighted by Crippen LogP contribution is -2.65. The molecule has 0 radical (unpaired) electrons. The molecule has 1 saturated heterocycles. The fourth-order valence-electron chi connectivity index (χ4n) is 5.43. The van der Waals surface area contributed by atoms with Crippen LogP contribution in [0.2, 0.25) is 5.02 Å². The molecule has 0 bridgehead atoms. The van der Waals surface area contributed by atoms with E-state index in [1.165, 1.54) is 31.4 Å². The van der Waals surface area contributed by atoms with Crippen LogP contribution in [0.25, 0.3) is 11.0 Å². The van der Waals surface area contributed by atoms with Crippen molar-refractivity contribution in [1.29, 1.82) is 0 Å². The molecule has 0 unspecified atom stereocenters. The SMILES string of the molecule is CO[C@H]1[C@H](OC(=O)c2ccc(C)[nH]2)[C@@H](O)[C@H](Oc2cc(Cl)c3oc(=O)c(NC(=O)c4cc(C)c(O)c(C)c4)c(O)c3c2)OC1(C)C. The van der Waals surface area contributed by atoms with Crippen LogP contribution < -0.4 is 15.7 Å². The van der Waals surface area contributed by atoms with Gasteiger partial charge < -0.3 is 49.0 Å². The molecule has 1 aliphatic heterocycles. The normalized spacial score (nSPS) is 20.8. The summed E-state index contributed by atoms with van der Waals surface area (Å²) < 4.78 is 28.5. The van der Waals surface area contributed by atoms with E-state index in [-0.39, 0.29) is 38.7 Å². The summed E-state index contributed by atoms with van der Waals surface area (Å²) in [6.45, 7) is 8.34. The first kappa shape index (κ1) is 32.8. The second-order valence-electron chi connectivity index (χ2n) is 11.6. The molecule has 0 spiro atoms. The van der Waals surface area contributed by atoms with Crippen LogP contribution in [-0.2, 0) is 14.2 Å². The Morgan fingerprint density at radius 1 is 1.04 bits per heavy atom. The number of phenolic OH excluding ortho intramolecular Hbond substituents is 1. The van der Waals surface area contributed by atoms with Crippen molar-refractivity contribution in [2.24, 2.45) is 0 Å². The molecule has 14 heteroatoms. The molecule has 46 heavy (non-hydrogen) atoms. The zero-order chi connectivity index (χ0) is 33.7. The standard InChI is InChI=1S/C32H33ClN2O11/c1-13-9-16(10-14(2)22(13)36)28(39)35-21-23(37)18-11-17(12-19(33)25(18)44-30(21)41)43-31-24(38)26(27(42-6)32(4,5)46-31)45-29(40)20-8-7-15(3)34-20/h7-12,24,26-27,31,34,36-38H,1-6H3,(H,35,39)/t24-,26-,27+,31-/m1/s1. The Morgan fingerprint density at radius 2 is 1.72 bits per heavy atom. The number of hydrogen-bond acceptors (Lipinski definition) is 11. The Morgan fingerprint density at radius 3 is 2.33 bits per heavy atom. The number of rotatable bonds is 7. The highest BCUT2D eigenvalue weighted by Gasteiger charge is 2.53. The minimum Gasteiger partial charge on any atom is -0.507 e. The number of ether oxygens (including phenoxy) is 4. The number of esters is 1. The van der Waals surface area contributed by atoms with Crippen molar-refractivity contribution in [3.8, 4) is 17.2 Å². The molecule has 0 saturated carbocycles. The van der Waals surface area contributed by atoms with Crippen LogP contribution in [0.1, 0.15) is 51.5 Å². The van der Waals surface area contributed by atoms with Crippen molar-refractivity contribution in [3.63, 3.8) is 0 Å². The highest BCUT2D eigenvalue weighted by molar-refractivity contribution is 6.35. The summed E-state index contributed by atoms with van der Waals surface area (Å²) in [5, 5.41) is 34.5. The van der Waals surface area contributed by atoms with E-state index >= 15 is 0 Å². The number of phenols is 1. The van der Waals surface area contributed by atoms with Crippen LogP contribution in [0.15, 0.2) is 45.6 Å². The van der Waals surface area contributed by atoms with Gasteiger partial charge in [0.15, 0.2) is 29.2 Å². The molecule has 5 rings (SSSR count). The minimum atomic E-state index is -1.55. The molecule has 13 nitrogen and oxygen atoms in total. The summed E-state index contributed by atoms with van der Waals surface area (Å²) >= 11 is 6.40. The van der Waals surface area contributed by atoms with Crippen LogP contribution in [0.4, 0.5) is 5.69 Å². The van der Waals surface area contributed by atoms with Crippen molar-refractivity contribution in [2.45, 2.75) is 64.8 Å². The van der Waals surface area contributed by atoms with Gasteiger partial charge >= 0.3 is 11.6 Å². The number of aromatic amines is 1. The highest BCUT2D eigenvalue weighted by atomic mass is 35.5. The molecule has 1 aliphatic rings. The third-order valence-electron chi connectivity index (χ3n) is 7.72. The molecule has 5 N–H and O–H groups in total. The van der Waals surface area contributed by atoms with Gasteiger partial charge in [0.05, 0.1) is 16.0 Å². The highest BCUT2D eigenvalue weighted by Crippen LogP contribution is 2.39. The number of carbonyl (C=O) groups is 2. The van der Waals surface area contributed by atoms with Crippen LogP contribution >= 0.6 is 11.6 Å². The van der Waals surface area contributed by atoms with Gasteiger partial charge in [-0.05, 0) is 76.1 Å². The smallest absolute Gasteiger partial charge is 0.364 e. The summed E-state index contributed by atoms with van der Waals surface area (Å²) in [5.74, 6) is -2.12. The second-order valence-corrected chi connectivity index (χ2v) is 12.0. The van der Waals surface area contributed by atoms with Gasteiger partial charge in [-0.3, -0.25) is 4.79 Å². The second kappa shape index (κ2) is 12.3. The fraction of sp³-hybridized carbons (Fsp3) is 0.344. The van der Waals surface area contributed by atoms with Gasteiger partial charge in [0.2, 0.25) is 6.29 Å². The largest absolute Gasteiger partial charge is 0.507 e. The number of aromatic hydroxyl groups is 2. The number of aryl methyl sites for hydroxylation is 3. The molecule has 1 amide bonds. The van der Waals surface area contributed by atoms with E-state index in [1.807, 2.05) is 0 Å². The third-order valence-corrected chi connectivity index (χ3v) is 8.00. The number of benzene rings is 2. The molecular formula is C32H33ClN2O11. The number of anilines is 1. The lowest BCUT2D eigenvalue weighted by Gasteiger charge is -2.47. The summed E-state index contributed by atoms with van der Waals surface area (Å²) in [5.41, 5.74) is -1.02. The molecule has 2 aromatic heterocycles. The van der Waals surface area contributed by atoms with Crippen molar-refractivity contribution in [2.75, 3.05) is 12.4 Å². The summed E-state index contributed by atoms with van der Waals surface area (Å²) in [6, 6.07) is 8.66. The number of amides is 1. The Labute approximate surface area is 267 Å². The van der Waals surface area contributed by atoms with Gasteiger partial charge in [-0.1, -0.05) is 11.6 Å².